The van der Waals surface area contributed by atoms with Gasteiger partial charge in [0.25, 0.3) is 0 Å². The van der Waals surface area contributed by atoms with E-state index >= 15 is 0 Å². The second-order valence-electron chi connectivity index (χ2n) is 5.03. The van der Waals surface area contributed by atoms with Crippen molar-refractivity contribution in [1.82, 2.24) is 15.2 Å². The summed E-state index contributed by atoms with van der Waals surface area (Å²) in [5, 5.41) is 4.53. The number of aromatic nitrogens is 2. The molecule has 0 aliphatic carbocycles. The number of nitrogens with two attached hydrogens (primary N) is 1. The molecule has 0 fully saturated rings. The number of hydrogen-bond donors (Lipinski definition) is 2. The van der Waals surface area contributed by atoms with Gasteiger partial charge in [0.1, 0.15) is 0 Å². The van der Waals surface area contributed by atoms with E-state index in [9.17, 15) is 0 Å². The molecular weight excluding hydrogens is 396 g/mol. The summed E-state index contributed by atoms with van der Waals surface area (Å²) in [4.78, 5) is 0. The molecule has 0 radical (unpaired) electrons. The molecule has 2 aromatic rings. The van der Waals surface area contributed by atoms with Crippen molar-refractivity contribution in [2.45, 2.75) is 39.3 Å². The molecule has 2 rings (SSSR count). The Labute approximate surface area is 142 Å². The van der Waals surface area contributed by atoms with Gasteiger partial charge in [-0.15, -0.1) is 0 Å². The van der Waals surface area contributed by atoms with Gasteiger partial charge >= 0.3 is 0 Å². The molecule has 1 heterocycles. The van der Waals surface area contributed by atoms with Crippen LogP contribution in [0.25, 0.3) is 0 Å². The van der Waals surface area contributed by atoms with Gasteiger partial charge in [0.15, 0.2) is 0 Å². The number of halogens is 2. The zero-order valence-electron chi connectivity index (χ0n) is 12.2. The van der Waals surface area contributed by atoms with E-state index in [-0.39, 0.29) is 6.04 Å². The summed E-state index contributed by atoms with van der Waals surface area (Å²) in [5.74, 6) is 5.76. The number of hydrazine groups is 1. The maximum Gasteiger partial charge on any atom is 0.0738 e. The van der Waals surface area contributed by atoms with Crippen LogP contribution in [0.15, 0.2) is 33.2 Å². The van der Waals surface area contributed by atoms with E-state index in [0.717, 1.165) is 34.0 Å². The molecular formula is C15H20Br2N4. The van der Waals surface area contributed by atoms with E-state index in [1.54, 1.807) is 0 Å². The standard InChI is InChI=1S/C15H20Br2N4/c1-3-21-14(15(17)10(2)20-21)9-12(19-18)8-11-6-4-5-7-13(11)16/h4-7,12,19H,3,8-9,18H2,1-2H3. The van der Waals surface area contributed by atoms with Crippen LogP contribution in [-0.2, 0) is 19.4 Å². The van der Waals surface area contributed by atoms with Gasteiger partial charge in [-0.3, -0.25) is 16.0 Å². The molecule has 0 aliphatic heterocycles. The summed E-state index contributed by atoms with van der Waals surface area (Å²) in [7, 11) is 0. The number of rotatable bonds is 6. The van der Waals surface area contributed by atoms with Crippen molar-refractivity contribution < 1.29 is 0 Å². The Bertz CT molecular complexity index is 610. The van der Waals surface area contributed by atoms with E-state index in [2.05, 4.69) is 61.4 Å². The zero-order chi connectivity index (χ0) is 15.4. The van der Waals surface area contributed by atoms with Gasteiger partial charge in [-0.05, 0) is 47.8 Å². The highest BCUT2D eigenvalue weighted by molar-refractivity contribution is 9.10. The van der Waals surface area contributed by atoms with Crippen LogP contribution in [-0.4, -0.2) is 15.8 Å². The van der Waals surface area contributed by atoms with Crippen LogP contribution >= 0.6 is 31.9 Å². The highest BCUT2D eigenvalue weighted by Gasteiger charge is 2.18. The number of aryl methyl sites for hydroxylation is 2. The molecule has 0 saturated heterocycles. The van der Waals surface area contributed by atoms with Crippen molar-refractivity contribution in [1.29, 1.82) is 0 Å². The lowest BCUT2D eigenvalue weighted by molar-refractivity contribution is 0.494. The smallest absolute Gasteiger partial charge is 0.0738 e. The molecule has 3 N–H and O–H groups in total. The normalized spacial score (nSPS) is 12.6. The van der Waals surface area contributed by atoms with Crippen LogP contribution in [0.3, 0.4) is 0 Å². The topological polar surface area (TPSA) is 55.9 Å². The van der Waals surface area contributed by atoms with Crippen molar-refractivity contribution >= 4 is 31.9 Å². The highest BCUT2D eigenvalue weighted by Crippen LogP contribution is 2.24. The highest BCUT2D eigenvalue weighted by atomic mass is 79.9. The third-order valence-electron chi connectivity index (χ3n) is 3.55. The number of nitrogens with one attached hydrogen (secondary N) is 1. The Morgan fingerprint density at radius 3 is 2.62 bits per heavy atom. The lowest BCUT2D eigenvalue weighted by Gasteiger charge is -2.18. The van der Waals surface area contributed by atoms with Crippen molar-refractivity contribution in [3.63, 3.8) is 0 Å². The molecule has 6 heteroatoms. The summed E-state index contributed by atoms with van der Waals surface area (Å²) in [6.07, 6.45) is 1.69. The van der Waals surface area contributed by atoms with Crippen molar-refractivity contribution in [2.24, 2.45) is 5.84 Å². The first-order valence-electron chi connectivity index (χ1n) is 6.98. The van der Waals surface area contributed by atoms with Crippen LogP contribution < -0.4 is 11.3 Å². The Morgan fingerprint density at radius 1 is 1.29 bits per heavy atom. The summed E-state index contributed by atoms with van der Waals surface area (Å²) < 4.78 is 4.23. The maximum atomic E-state index is 5.76. The average Bonchev–Trinajstić information content (AvgIpc) is 2.76. The van der Waals surface area contributed by atoms with Crippen molar-refractivity contribution in [2.75, 3.05) is 0 Å². The molecule has 0 bridgehead atoms. The lowest BCUT2D eigenvalue weighted by Crippen LogP contribution is -2.39. The average molecular weight is 416 g/mol. The second-order valence-corrected chi connectivity index (χ2v) is 6.67. The molecule has 1 unspecified atom stereocenters. The molecule has 1 atom stereocenters. The minimum atomic E-state index is 0.154. The molecule has 1 aromatic carbocycles. The van der Waals surface area contributed by atoms with Crippen LogP contribution in [0.2, 0.25) is 0 Å². The van der Waals surface area contributed by atoms with Gasteiger partial charge in [-0.2, -0.15) is 5.10 Å². The van der Waals surface area contributed by atoms with Crippen LogP contribution in [0.5, 0.6) is 0 Å². The maximum absolute atomic E-state index is 5.76. The Balaban J connectivity index is 2.18. The van der Waals surface area contributed by atoms with Crippen LogP contribution in [0.1, 0.15) is 23.9 Å². The van der Waals surface area contributed by atoms with Gasteiger partial charge in [0.2, 0.25) is 0 Å². The predicted molar refractivity (Wildman–Crippen MR) is 93.0 cm³/mol. The minimum Gasteiger partial charge on any atom is -0.271 e. The lowest BCUT2D eigenvalue weighted by atomic mass is 10.0. The van der Waals surface area contributed by atoms with E-state index in [1.165, 1.54) is 11.3 Å². The van der Waals surface area contributed by atoms with Gasteiger partial charge < -0.3 is 0 Å². The number of benzene rings is 1. The molecule has 0 aliphatic rings. The molecule has 0 saturated carbocycles. The van der Waals surface area contributed by atoms with E-state index in [0.29, 0.717) is 0 Å². The third kappa shape index (κ3) is 3.94. The van der Waals surface area contributed by atoms with Gasteiger partial charge in [0.05, 0.1) is 15.9 Å². The molecule has 114 valence electrons. The summed E-state index contributed by atoms with van der Waals surface area (Å²) >= 11 is 7.23. The largest absolute Gasteiger partial charge is 0.271 e. The molecule has 4 nitrogen and oxygen atoms in total. The van der Waals surface area contributed by atoms with Gasteiger partial charge in [-0.1, -0.05) is 34.1 Å². The molecule has 21 heavy (non-hydrogen) atoms. The first-order chi connectivity index (χ1) is 10.1. The number of nitrogens with zero attached hydrogens (tertiary/aromatic N) is 2. The van der Waals surface area contributed by atoms with Gasteiger partial charge in [-0.25, -0.2) is 0 Å². The van der Waals surface area contributed by atoms with Crippen LogP contribution in [0.4, 0.5) is 0 Å². The molecule has 0 amide bonds. The first kappa shape index (κ1) is 16.7. The van der Waals surface area contributed by atoms with Crippen molar-refractivity contribution in [3.8, 4) is 0 Å². The molecule has 0 spiro atoms. The van der Waals surface area contributed by atoms with E-state index in [1.807, 2.05) is 23.7 Å². The van der Waals surface area contributed by atoms with E-state index in [4.69, 9.17) is 5.84 Å². The second kappa shape index (κ2) is 7.54. The quantitative estimate of drug-likeness (QED) is 0.561. The fourth-order valence-corrected chi connectivity index (χ4v) is 3.31. The first-order valence-corrected chi connectivity index (χ1v) is 8.56. The Morgan fingerprint density at radius 2 is 2.00 bits per heavy atom. The summed E-state index contributed by atoms with van der Waals surface area (Å²) in [6.45, 7) is 4.97. The predicted octanol–water partition coefficient (Wildman–Crippen LogP) is 3.35. The van der Waals surface area contributed by atoms with Gasteiger partial charge in [0, 0.05) is 23.5 Å². The van der Waals surface area contributed by atoms with E-state index < -0.39 is 0 Å². The zero-order valence-corrected chi connectivity index (χ0v) is 15.4. The van der Waals surface area contributed by atoms with Crippen LogP contribution in [0, 0.1) is 6.92 Å². The Hall–Kier alpha value is -0.690. The number of hydrogen-bond acceptors (Lipinski definition) is 3. The fraction of sp³-hybridized carbons (Fsp3) is 0.400. The summed E-state index contributed by atoms with van der Waals surface area (Å²) in [5.41, 5.74) is 6.38. The Kier molecular flexibility index (Phi) is 5.98. The SMILES string of the molecule is CCn1nc(C)c(Br)c1CC(Cc1ccccc1Br)NN. The minimum absolute atomic E-state index is 0.154. The third-order valence-corrected chi connectivity index (χ3v) is 5.36. The monoisotopic (exact) mass is 414 g/mol. The molecule has 1 aromatic heterocycles. The fourth-order valence-electron chi connectivity index (χ4n) is 2.42. The summed E-state index contributed by atoms with van der Waals surface area (Å²) in [6, 6.07) is 8.39. The van der Waals surface area contributed by atoms with Crippen molar-refractivity contribution in [3.05, 3.63) is 50.2 Å².